The molecule has 1 heterocycles. The summed E-state index contributed by atoms with van der Waals surface area (Å²) in [5, 5.41) is 11.4. The molecule has 0 spiro atoms. The zero-order valence-electron chi connectivity index (χ0n) is 13.9. The van der Waals surface area contributed by atoms with Crippen molar-refractivity contribution in [3.05, 3.63) is 77.6 Å². The van der Waals surface area contributed by atoms with Gasteiger partial charge in [0.1, 0.15) is 0 Å². The lowest BCUT2D eigenvalue weighted by Gasteiger charge is -2.10. The summed E-state index contributed by atoms with van der Waals surface area (Å²) in [6, 6.07) is 16.8. The number of hydrogen-bond donors (Lipinski definition) is 2. The van der Waals surface area contributed by atoms with Gasteiger partial charge in [-0.25, -0.2) is 0 Å². The monoisotopic (exact) mass is 348 g/mol. The highest BCUT2D eigenvalue weighted by atomic mass is 32.1. The van der Waals surface area contributed by atoms with Crippen LogP contribution in [0, 0.1) is 0 Å². The first-order valence-corrected chi connectivity index (χ1v) is 8.93. The number of aromatic nitrogens is 2. The molecule has 0 bridgehead atoms. The number of rotatable bonds is 4. The summed E-state index contributed by atoms with van der Waals surface area (Å²) in [6.45, 7) is 0.744. The van der Waals surface area contributed by atoms with Crippen molar-refractivity contribution in [2.24, 2.45) is 0 Å². The fourth-order valence-electron chi connectivity index (χ4n) is 3.23. The lowest BCUT2D eigenvalue weighted by atomic mass is 10.1. The van der Waals surface area contributed by atoms with Crippen LogP contribution in [0.3, 0.4) is 0 Å². The molecular weight excluding hydrogens is 328 g/mol. The van der Waals surface area contributed by atoms with E-state index in [1.165, 1.54) is 29.5 Å². The Labute approximate surface area is 152 Å². The van der Waals surface area contributed by atoms with E-state index in [0.717, 1.165) is 24.3 Å². The molecule has 0 saturated carbocycles. The van der Waals surface area contributed by atoms with Gasteiger partial charge in [0.15, 0.2) is 5.11 Å². The number of nitrogens with one attached hydrogen (secondary N) is 2. The Morgan fingerprint density at radius 2 is 1.80 bits per heavy atom. The maximum absolute atomic E-state index is 5.43. The van der Waals surface area contributed by atoms with Gasteiger partial charge < -0.3 is 10.6 Å². The smallest absolute Gasteiger partial charge is 0.175 e. The Balaban J connectivity index is 1.36. The van der Waals surface area contributed by atoms with E-state index in [1.54, 1.807) is 6.20 Å². The lowest BCUT2D eigenvalue weighted by Crippen LogP contribution is -2.18. The molecule has 0 atom stereocenters. The zero-order chi connectivity index (χ0) is 17.1. The van der Waals surface area contributed by atoms with Crippen molar-refractivity contribution < 1.29 is 0 Å². The normalized spacial score (nSPS) is 12.6. The predicted octanol–water partition coefficient (Wildman–Crippen LogP) is 4.23. The maximum atomic E-state index is 5.43. The maximum Gasteiger partial charge on any atom is 0.175 e. The highest BCUT2D eigenvalue weighted by molar-refractivity contribution is 7.80. The number of benzene rings is 2. The van der Waals surface area contributed by atoms with E-state index >= 15 is 0 Å². The Morgan fingerprint density at radius 1 is 1.00 bits per heavy atom. The molecule has 0 amide bonds. The number of anilines is 2. The molecule has 5 heteroatoms. The van der Waals surface area contributed by atoms with E-state index in [-0.39, 0.29) is 0 Å². The van der Waals surface area contributed by atoms with Crippen molar-refractivity contribution >= 4 is 28.7 Å². The summed E-state index contributed by atoms with van der Waals surface area (Å²) in [4.78, 5) is 0. The molecule has 0 aliphatic heterocycles. The zero-order valence-corrected chi connectivity index (χ0v) is 14.7. The molecule has 2 N–H and O–H groups in total. The van der Waals surface area contributed by atoms with Crippen LogP contribution in [-0.4, -0.2) is 14.9 Å². The number of aryl methyl sites for hydroxylation is 2. The molecule has 25 heavy (non-hydrogen) atoms. The first-order chi connectivity index (χ1) is 12.3. The molecule has 1 aliphatic rings. The van der Waals surface area contributed by atoms with Crippen molar-refractivity contribution in [2.75, 3.05) is 10.6 Å². The summed E-state index contributed by atoms with van der Waals surface area (Å²) in [7, 11) is 0. The quantitative estimate of drug-likeness (QED) is 0.693. The van der Waals surface area contributed by atoms with Crippen LogP contribution in [0.2, 0.25) is 0 Å². The van der Waals surface area contributed by atoms with Crippen LogP contribution in [0.1, 0.15) is 23.1 Å². The summed E-state index contributed by atoms with van der Waals surface area (Å²) >= 11 is 5.43. The van der Waals surface area contributed by atoms with Crippen molar-refractivity contribution in [2.45, 2.75) is 25.8 Å². The molecule has 0 saturated heterocycles. The third-order valence-electron chi connectivity index (χ3n) is 4.43. The number of hydrogen-bond acceptors (Lipinski definition) is 2. The van der Waals surface area contributed by atoms with Crippen molar-refractivity contribution in [1.29, 1.82) is 0 Å². The Morgan fingerprint density at radius 3 is 2.68 bits per heavy atom. The Bertz CT molecular complexity index is 886. The molecule has 2 aromatic carbocycles. The van der Waals surface area contributed by atoms with Gasteiger partial charge in [-0.2, -0.15) is 5.10 Å². The lowest BCUT2D eigenvalue weighted by molar-refractivity contribution is 0.687. The Hall–Kier alpha value is -2.66. The summed E-state index contributed by atoms with van der Waals surface area (Å²) < 4.78 is 1.90. The minimum absolute atomic E-state index is 0.581. The molecule has 1 aliphatic carbocycles. The van der Waals surface area contributed by atoms with Crippen molar-refractivity contribution in [1.82, 2.24) is 9.78 Å². The molecule has 0 unspecified atom stereocenters. The van der Waals surface area contributed by atoms with Crippen molar-refractivity contribution in [3.8, 4) is 0 Å². The molecule has 126 valence electrons. The molecule has 1 aromatic heterocycles. The largest absolute Gasteiger partial charge is 0.332 e. The molecule has 0 fully saturated rings. The van der Waals surface area contributed by atoms with Crippen LogP contribution in [-0.2, 0) is 19.4 Å². The van der Waals surface area contributed by atoms with Crippen LogP contribution < -0.4 is 10.6 Å². The van der Waals surface area contributed by atoms with Gasteiger partial charge in [-0.1, -0.05) is 36.4 Å². The highest BCUT2D eigenvalue weighted by Gasteiger charge is 2.11. The van der Waals surface area contributed by atoms with Gasteiger partial charge in [-0.15, -0.1) is 0 Å². The highest BCUT2D eigenvalue weighted by Crippen LogP contribution is 2.25. The predicted molar refractivity (Wildman–Crippen MR) is 106 cm³/mol. The standard InChI is InChI=1S/C20H20N4S/c25-20(22-18-10-9-16-7-4-8-17(16)11-18)23-19-12-21-24(14-19)13-15-5-2-1-3-6-15/h1-3,5-6,9-12,14H,4,7-8,13H2,(H2,22,23,25). The van der Waals surface area contributed by atoms with E-state index in [9.17, 15) is 0 Å². The van der Waals surface area contributed by atoms with Crippen LogP contribution in [0.15, 0.2) is 60.9 Å². The molecule has 3 aromatic rings. The van der Waals surface area contributed by atoms with Crippen LogP contribution in [0.5, 0.6) is 0 Å². The van der Waals surface area contributed by atoms with E-state index in [4.69, 9.17) is 12.2 Å². The van der Waals surface area contributed by atoms with E-state index in [2.05, 4.69) is 46.1 Å². The minimum atomic E-state index is 0.581. The summed E-state index contributed by atoms with van der Waals surface area (Å²) in [6.07, 6.45) is 7.36. The summed E-state index contributed by atoms with van der Waals surface area (Å²) in [5.74, 6) is 0. The Kier molecular flexibility index (Phi) is 4.48. The number of thiocarbonyl (C=S) groups is 1. The fourth-order valence-corrected chi connectivity index (χ4v) is 3.46. The van der Waals surface area contributed by atoms with E-state index in [1.807, 2.05) is 29.1 Å². The van der Waals surface area contributed by atoms with Gasteiger partial charge >= 0.3 is 0 Å². The summed E-state index contributed by atoms with van der Waals surface area (Å²) in [5.41, 5.74) is 6.04. The second kappa shape index (κ2) is 7.07. The topological polar surface area (TPSA) is 41.9 Å². The average molecular weight is 348 g/mol. The fraction of sp³-hybridized carbons (Fsp3) is 0.200. The van der Waals surface area contributed by atoms with Crippen LogP contribution in [0.4, 0.5) is 11.4 Å². The van der Waals surface area contributed by atoms with E-state index in [0.29, 0.717) is 5.11 Å². The first-order valence-electron chi connectivity index (χ1n) is 8.52. The van der Waals surface area contributed by atoms with Gasteiger partial charge in [0.25, 0.3) is 0 Å². The van der Waals surface area contributed by atoms with Gasteiger partial charge in [-0.3, -0.25) is 4.68 Å². The van der Waals surface area contributed by atoms with E-state index < -0.39 is 0 Å². The molecule has 4 rings (SSSR count). The van der Waals surface area contributed by atoms with Crippen LogP contribution in [0.25, 0.3) is 0 Å². The SMILES string of the molecule is S=C(Nc1ccc2c(c1)CCC2)Nc1cnn(Cc2ccccc2)c1. The van der Waals surface area contributed by atoms with Crippen LogP contribution >= 0.6 is 12.2 Å². The number of fused-ring (bicyclic) bond motifs is 1. The molecule has 4 nitrogen and oxygen atoms in total. The van der Waals surface area contributed by atoms with Gasteiger partial charge in [-0.05, 0) is 60.3 Å². The first kappa shape index (κ1) is 15.8. The van der Waals surface area contributed by atoms with Gasteiger partial charge in [0.05, 0.1) is 18.4 Å². The molecular formula is C20H20N4S. The number of nitrogens with zero attached hydrogens (tertiary/aromatic N) is 2. The molecule has 0 radical (unpaired) electrons. The average Bonchev–Trinajstić information content (AvgIpc) is 3.24. The third-order valence-corrected chi connectivity index (χ3v) is 4.64. The minimum Gasteiger partial charge on any atom is -0.332 e. The third kappa shape index (κ3) is 3.88. The second-order valence-electron chi connectivity index (χ2n) is 6.33. The van der Waals surface area contributed by atoms with Gasteiger partial charge in [0.2, 0.25) is 0 Å². The second-order valence-corrected chi connectivity index (χ2v) is 6.74. The van der Waals surface area contributed by atoms with Gasteiger partial charge in [0, 0.05) is 11.9 Å². The van der Waals surface area contributed by atoms with Crippen molar-refractivity contribution in [3.63, 3.8) is 0 Å².